The number of sulfone groups is 1. The predicted molar refractivity (Wildman–Crippen MR) is 78.2 cm³/mol. The lowest BCUT2D eigenvalue weighted by Crippen LogP contribution is -2.53. The lowest BCUT2D eigenvalue weighted by molar-refractivity contribution is -0.132. The third-order valence-electron chi connectivity index (χ3n) is 3.70. The van der Waals surface area contributed by atoms with E-state index in [2.05, 4.69) is 4.90 Å². The monoisotopic (exact) mass is 306 g/mol. The molecule has 6 nitrogen and oxygen atoms in total. The van der Waals surface area contributed by atoms with Gasteiger partial charge >= 0.3 is 0 Å². The first-order valence-corrected chi connectivity index (χ1v) is 8.69. The highest BCUT2D eigenvalue weighted by atomic mass is 32.2. The summed E-state index contributed by atoms with van der Waals surface area (Å²) in [5.41, 5.74) is 0. The van der Waals surface area contributed by atoms with E-state index >= 15 is 0 Å². The quantitative estimate of drug-likeness (QED) is 0.756. The van der Waals surface area contributed by atoms with Gasteiger partial charge in [0.2, 0.25) is 5.91 Å². The fourth-order valence-electron chi connectivity index (χ4n) is 2.33. The van der Waals surface area contributed by atoms with Gasteiger partial charge in [0.15, 0.2) is 9.84 Å². The summed E-state index contributed by atoms with van der Waals surface area (Å²) in [5, 5.41) is 7.81. The van der Waals surface area contributed by atoms with Crippen molar-refractivity contribution in [3.8, 4) is 0 Å². The lowest BCUT2D eigenvalue weighted by Gasteiger charge is -2.36. The van der Waals surface area contributed by atoms with Crippen LogP contribution in [0.5, 0.6) is 0 Å². The van der Waals surface area contributed by atoms with Crippen LogP contribution in [0.1, 0.15) is 27.7 Å². The molecule has 1 rings (SSSR count). The molecular formula is C13H26N2O4S. The highest BCUT2D eigenvalue weighted by molar-refractivity contribution is 7.93. The van der Waals surface area contributed by atoms with E-state index in [9.17, 15) is 18.3 Å². The Hall–Kier alpha value is -0.660. The Labute approximate surface area is 121 Å². The number of carbonyl (C=O) groups is 1. The van der Waals surface area contributed by atoms with Gasteiger partial charge in [0, 0.05) is 32.7 Å². The zero-order valence-electron chi connectivity index (χ0n) is 12.7. The smallest absolute Gasteiger partial charge is 0.240 e. The van der Waals surface area contributed by atoms with Gasteiger partial charge in [0.05, 0.1) is 11.4 Å². The third kappa shape index (κ3) is 4.17. The van der Waals surface area contributed by atoms with Crippen molar-refractivity contribution >= 4 is 15.7 Å². The van der Waals surface area contributed by atoms with Gasteiger partial charge in [-0.15, -0.1) is 0 Å². The van der Waals surface area contributed by atoms with Crippen molar-refractivity contribution < 1.29 is 18.3 Å². The molecule has 7 heteroatoms. The maximum Gasteiger partial charge on any atom is 0.240 e. The molecule has 0 unspecified atom stereocenters. The summed E-state index contributed by atoms with van der Waals surface area (Å²) < 4.78 is 24.1. The van der Waals surface area contributed by atoms with Gasteiger partial charge in [0.25, 0.3) is 0 Å². The number of piperazine rings is 1. The number of amides is 1. The number of aliphatic hydroxyl groups is 1. The summed E-state index contributed by atoms with van der Waals surface area (Å²) in [4.78, 5) is 16.0. The van der Waals surface area contributed by atoms with Crippen LogP contribution in [-0.2, 0) is 14.6 Å². The molecule has 0 aliphatic carbocycles. The summed E-state index contributed by atoms with van der Waals surface area (Å²) in [5.74, 6) is -0.310. The molecule has 1 N–H and O–H groups in total. The minimum atomic E-state index is -3.40. The van der Waals surface area contributed by atoms with E-state index in [4.69, 9.17) is 0 Å². The number of β-amino-alcohol motifs (C(OH)–C–C–N with tert-alkyl or cyclic N) is 1. The lowest BCUT2D eigenvalue weighted by atomic mass is 10.2. The fourth-order valence-corrected chi connectivity index (χ4v) is 3.58. The number of rotatable bonds is 5. The fraction of sp³-hybridized carbons (Fsp3) is 0.923. The molecule has 1 amide bonds. The van der Waals surface area contributed by atoms with Gasteiger partial charge in [-0.25, -0.2) is 8.42 Å². The van der Waals surface area contributed by atoms with Gasteiger partial charge in [-0.2, -0.15) is 0 Å². The largest absolute Gasteiger partial charge is 0.392 e. The van der Waals surface area contributed by atoms with Gasteiger partial charge in [0.1, 0.15) is 5.25 Å². The number of hydrogen-bond donors (Lipinski definition) is 1. The number of nitrogens with zero attached hydrogens (tertiary/aromatic N) is 2. The maximum atomic E-state index is 12.3. The van der Waals surface area contributed by atoms with Crippen molar-refractivity contribution in [3.05, 3.63) is 0 Å². The van der Waals surface area contributed by atoms with Crippen molar-refractivity contribution in [1.29, 1.82) is 0 Å². The molecule has 0 saturated carbocycles. The highest BCUT2D eigenvalue weighted by Crippen LogP contribution is 2.13. The van der Waals surface area contributed by atoms with E-state index in [1.54, 1.807) is 25.7 Å². The van der Waals surface area contributed by atoms with Crippen LogP contribution in [0.2, 0.25) is 0 Å². The minimum Gasteiger partial charge on any atom is -0.392 e. The van der Waals surface area contributed by atoms with Crippen molar-refractivity contribution in [2.45, 2.75) is 44.3 Å². The topological polar surface area (TPSA) is 77.9 Å². The van der Waals surface area contributed by atoms with E-state index in [-0.39, 0.29) is 5.91 Å². The van der Waals surface area contributed by atoms with Crippen LogP contribution in [0, 0.1) is 0 Å². The van der Waals surface area contributed by atoms with Gasteiger partial charge < -0.3 is 10.0 Å². The highest BCUT2D eigenvalue weighted by Gasteiger charge is 2.34. The second-order valence-electron chi connectivity index (χ2n) is 5.75. The molecule has 20 heavy (non-hydrogen) atoms. The molecule has 1 heterocycles. The van der Waals surface area contributed by atoms with Gasteiger partial charge in [-0.3, -0.25) is 9.69 Å². The standard InChI is InChI=1S/C13H26N2O4S/c1-10(2)20(18,19)12(4)13(17)15-7-5-14(6-8-15)9-11(3)16/h10-12,16H,5-9H2,1-4H3/t11-,12+/m1/s1. The molecule has 1 aliphatic rings. The molecule has 0 aromatic carbocycles. The predicted octanol–water partition coefficient (Wildman–Crippen LogP) is -0.277. The van der Waals surface area contributed by atoms with E-state index in [1.807, 2.05) is 0 Å². The molecule has 2 atom stereocenters. The Kier molecular flexibility index (Phi) is 5.97. The molecule has 1 saturated heterocycles. The first kappa shape index (κ1) is 17.4. The van der Waals surface area contributed by atoms with E-state index < -0.39 is 26.4 Å². The van der Waals surface area contributed by atoms with Gasteiger partial charge in [-0.05, 0) is 27.7 Å². The van der Waals surface area contributed by atoms with Crippen LogP contribution >= 0.6 is 0 Å². The molecular weight excluding hydrogens is 280 g/mol. The summed E-state index contributed by atoms with van der Waals surface area (Å²) in [7, 11) is -3.40. The van der Waals surface area contributed by atoms with Crippen LogP contribution in [0.3, 0.4) is 0 Å². The van der Waals surface area contributed by atoms with Gasteiger partial charge in [-0.1, -0.05) is 0 Å². The summed E-state index contributed by atoms with van der Waals surface area (Å²) >= 11 is 0. The Morgan fingerprint density at radius 2 is 1.60 bits per heavy atom. The molecule has 0 aromatic rings. The average molecular weight is 306 g/mol. The molecule has 0 bridgehead atoms. The third-order valence-corrected chi connectivity index (χ3v) is 6.21. The molecule has 1 aliphatic heterocycles. The zero-order valence-corrected chi connectivity index (χ0v) is 13.6. The van der Waals surface area contributed by atoms with Crippen molar-refractivity contribution in [3.63, 3.8) is 0 Å². The Balaban J connectivity index is 2.59. The summed E-state index contributed by atoms with van der Waals surface area (Å²) in [6.07, 6.45) is -0.391. The van der Waals surface area contributed by atoms with Crippen LogP contribution in [0.15, 0.2) is 0 Å². The normalized spacial score (nSPS) is 21.0. The van der Waals surface area contributed by atoms with E-state index in [0.717, 1.165) is 0 Å². The van der Waals surface area contributed by atoms with Crippen molar-refractivity contribution in [2.24, 2.45) is 0 Å². The minimum absolute atomic E-state index is 0.310. The SMILES string of the molecule is CC(C)S(=O)(=O)[C@@H](C)C(=O)N1CCN(C[C@@H](C)O)CC1. The van der Waals surface area contributed by atoms with E-state index in [1.165, 1.54) is 6.92 Å². The van der Waals surface area contributed by atoms with Crippen LogP contribution in [0.25, 0.3) is 0 Å². The van der Waals surface area contributed by atoms with Crippen molar-refractivity contribution in [2.75, 3.05) is 32.7 Å². The number of hydrogen-bond acceptors (Lipinski definition) is 5. The molecule has 1 fully saturated rings. The van der Waals surface area contributed by atoms with E-state index in [0.29, 0.717) is 32.7 Å². The Morgan fingerprint density at radius 1 is 1.10 bits per heavy atom. The maximum absolute atomic E-state index is 12.3. The molecule has 118 valence electrons. The Bertz CT molecular complexity index is 426. The second kappa shape index (κ2) is 6.87. The van der Waals surface area contributed by atoms with Crippen molar-refractivity contribution in [1.82, 2.24) is 9.80 Å². The van der Waals surface area contributed by atoms with Crippen LogP contribution < -0.4 is 0 Å². The average Bonchev–Trinajstić information content (AvgIpc) is 2.37. The number of aliphatic hydroxyl groups excluding tert-OH is 1. The van der Waals surface area contributed by atoms with Crippen LogP contribution in [0.4, 0.5) is 0 Å². The number of carbonyl (C=O) groups excluding carboxylic acids is 1. The Morgan fingerprint density at radius 3 is 2.00 bits per heavy atom. The molecule has 0 radical (unpaired) electrons. The summed E-state index contributed by atoms with van der Waals surface area (Å²) in [6.45, 7) is 9.36. The summed E-state index contributed by atoms with van der Waals surface area (Å²) in [6, 6.07) is 0. The zero-order chi connectivity index (χ0) is 15.5. The second-order valence-corrected chi connectivity index (χ2v) is 8.58. The first-order valence-electron chi connectivity index (χ1n) is 7.08. The molecule has 0 spiro atoms. The first-order chi connectivity index (χ1) is 9.16. The molecule has 0 aromatic heterocycles. The van der Waals surface area contributed by atoms with Crippen LogP contribution in [-0.4, -0.2) is 78.6 Å².